The number of aliphatic hydroxyl groups excluding tert-OH is 1. The molecule has 22 heavy (non-hydrogen) atoms. The largest absolute Gasteiger partial charge is 0.393 e. The van der Waals surface area contributed by atoms with Gasteiger partial charge in [0.2, 0.25) is 0 Å². The van der Waals surface area contributed by atoms with Crippen molar-refractivity contribution in [3.63, 3.8) is 0 Å². The molecule has 0 spiro atoms. The highest BCUT2D eigenvalue weighted by Crippen LogP contribution is 2.23. The van der Waals surface area contributed by atoms with E-state index in [-0.39, 0.29) is 17.9 Å². The molecule has 0 aliphatic heterocycles. The first-order chi connectivity index (χ1) is 10.5. The number of carbonyl (C=O) groups excluding carboxylic acids is 1. The molecule has 0 aliphatic carbocycles. The maximum atomic E-state index is 12.1. The van der Waals surface area contributed by atoms with Crippen LogP contribution in [0.4, 0.5) is 0 Å². The summed E-state index contributed by atoms with van der Waals surface area (Å²) in [6, 6.07) is 8.10. The van der Waals surface area contributed by atoms with E-state index in [9.17, 15) is 9.90 Å². The summed E-state index contributed by atoms with van der Waals surface area (Å²) in [5, 5.41) is 14.8. The second kappa shape index (κ2) is 7.51. The molecule has 0 radical (unpaired) electrons. The van der Waals surface area contributed by atoms with Crippen LogP contribution in [0, 0.1) is 12.8 Å². The fraction of sp³-hybridized carbons (Fsp3) is 0.412. The van der Waals surface area contributed by atoms with Gasteiger partial charge in [0.1, 0.15) is 10.7 Å². The van der Waals surface area contributed by atoms with Gasteiger partial charge in [0.25, 0.3) is 5.91 Å². The van der Waals surface area contributed by atoms with Gasteiger partial charge >= 0.3 is 0 Å². The molecule has 2 atom stereocenters. The van der Waals surface area contributed by atoms with Crippen molar-refractivity contribution in [2.75, 3.05) is 6.54 Å². The molecule has 1 heterocycles. The molecule has 0 bridgehead atoms. The first kappa shape index (κ1) is 16.6. The molecular formula is C17H22N2O2S. The van der Waals surface area contributed by atoms with E-state index < -0.39 is 0 Å². The molecule has 1 aromatic heterocycles. The van der Waals surface area contributed by atoms with Crippen LogP contribution < -0.4 is 5.32 Å². The van der Waals surface area contributed by atoms with Crippen molar-refractivity contribution in [2.24, 2.45) is 5.92 Å². The molecule has 2 aromatic rings. The van der Waals surface area contributed by atoms with Crippen LogP contribution in [0.2, 0.25) is 0 Å². The predicted molar refractivity (Wildman–Crippen MR) is 90.1 cm³/mol. The Kier molecular flexibility index (Phi) is 5.69. The van der Waals surface area contributed by atoms with Crippen LogP contribution in [0.25, 0.3) is 10.6 Å². The summed E-state index contributed by atoms with van der Waals surface area (Å²) in [4.78, 5) is 16.5. The van der Waals surface area contributed by atoms with Crippen molar-refractivity contribution >= 4 is 17.2 Å². The lowest BCUT2D eigenvalue weighted by atomic mass is 10.0. The summed E-state index contributed by atoms with van der Waals surface area (Å²) in [5.74, 6) is 0.0752. The zero-order valence-corrected chi connectivity index (χ0v) is 14.0. The third kappa shape index (κ3) is 4.64. The van der Waals surface area contributed by atoms with Gasteiger partial charge < -0.3 is 10.4 Å². The van der Waals surface area contributed by atoms with Crippen molar-refractivity contribution in [3.05, 3.63) is 40.9 Å². The molecule has 5 heteroatoms. The smallest absolute Gasteiger partial charge is 0.270 e. The number of thiazole rings is 1. The minimum Gasteiger partial charge on any atom is -0.393 e. The summed E-state index contributed by atoms with van der Waals surface area (Å²) < 4.78 is 0. The topological polar surface area (TPSA) is 62.2 Å². The Labute approximate surface area is 135 Å². The number of benzene rings is 1. The number of rotatable bonds is 6. The lowest BCUT2D eigenvalue weighted by Gasteiger charge is -2.13. The predicted octanol–water partition coefficient (Wildman–Crippen LogP) is 3.26. The van der Waals surface area contributed by atoms with Gasteiger partial charge in [-0.2, -0.15) is 0 Å². The fourth-order valence-corrected chi connectivity index (χ4v) is 3.04. The van der Waals surface area contributed by atoms with E-state index in [2.05, 4.69) is 10.3 Å². The van der Waals surface area contributed by atoms with Crippen LogP contribution in [-0.4, -0.2) is 28.6 Å². The first-order valence-corrected chi connectivity index (χ1v) is 8.32. The third-order valence-electron chi connectivity index (χ3n) is 3.39. The lowest BCUT2D eigenvalue weighted by molar-refractivity contribution is 0.0935. The molecule has 2 rings (SSSR count). The van der Waals surface area contributed by atoms with E-state index >= 15 is 0 Å². The zero-order valence-electron chi connectivity index (χ0n) is 13.2. The van der Waals surface area contributed by atoms with Crippen LogP contribution in [0.1, 0.15) is 36.3 Å². The lowest BCUT2D eigenvalue weighted by Crippen LogP contribution is -2.29. The van der Waals surface area contributed by atoms with Crippen LogP contribution >= 0.6 is 11.3 Å². The van der Waals surface area contributed by atoms with Gasteiger partial charge in [-0.1, -0.05) is 36.8 Å². The van der Waals surface area contributed by atoms with Crippen molar-refractivity contribution < 1.29 is 9.90 Å². The van der Waals surface area contributed by atoms with Crippen LogP contribution in [-0.2, 0) is 0 Å². The summed E-state index contributed by atoms with van der Waals surface area (Å²) in [7, 11) is 0. The summed E-state index contributed by atoms with van der Waals surface area (Å²) >= 11 is 1.47. The number of carbonyl (C=O) groups is 1. The maximum absolute atomic E-state index is 12.1. The molecule has 1 amide bonds. The number of hydrogen-bond donors (Lipinski definition) is 2. The molecule has 0 aliphatic rings. The average molecular weight is 318 g/mol. The SMILES string of the molecule is Cc1ccc(-c2nc(C(=O)NCC(C)CC(C)O)cs2)cc1. The number of aromatic nitrogens is 1. The second-order valence-electron chi connectivity index (χ2n) is 5.80. The number of amides is 1. The number of aliphatic hydroxyl groups is 1. The number of hydrogen-bond acceptors (Lipinski definition) is 4. The minimum atomic E-state index is -0.348. The fourth-order valence-electron chi connectivity index (χ4n) is 2.23. The van der Waals surface area contributed by atoms with Gasteiger partial charge in [-0.05, 0) is 26.2 Å². The molecule has 1 aromatic carbocycles. The normalized spacial score (nSPS) is 13.6. The number of nitrogens with one attached hydrogen (secondary N) is 1. The van der Waals surface area contributed by atoms with E-state index in [0.29, 0.717) is 18.7 Å². The van der Waals surface area contributed by atoms with E-state index in [4.69, 9.17) is 0 Å². The van der Waals surface area contributed by atoms with Crippen molar-refractivity contribution in [2.45, 2.75) is 33.3 Å². The summed E-state index contributed by atoms with van der Waals surface area (Å²) in [6.45, 7) is 6.35. The quantitative estimate of drug-likeness (QED) is 0.859. The molecule has 2 N–H and O–H groups in total. The van der Waals surface area contributed by atoms with Crippen molar-refractivity contribution in [1.29, 1.82) is 0 Å². The van der Waals surface area contributed by atoms with E-state index in [1.807, 2.05) is 38.1 Å². The van der Waals surface area contributed by atoms with E-state index in [0.717, 1.165) is 10.6 Å². The number of aryl methyl sites for hydroxylation is 1. The molecule has 118 valence electrons. The highest BCUT2D eigenvalue weighted by atomic mass is 32.1. The van der Waals surface area contributed by atoms with Gasteiger partial charge in [-0.25, -0.2) is 4.98 Å². The summed E-state index contributed by atoms with van der Waals surface area (Å²) in [5.41, 5.74) is 2.67. The van der Waals surface area contributed by atoms with Gasteiger partial charge in [0, 0.05) is 17.5 Å². The minimum absolute atomic E-state index is 0.160. The standard InChI is InChI=1S/C17H22N2O2S/c1-11-4-6-14(7-5-11)17-19-15(10-22-17)16(21)18-9-12(2)8-13(3)20/h4-7,10,12-13,20H,8-9H2,1-3H3,(H,18,21). The van der Waals surface area contributed by atoms with Gasteiger partial charge in [-0.15, -0.1) is 11.3 Å². The zero-order chi connectivity index (χ0) is 16.1. The highest BCUT2D eigenvalue weighted by Gasteiger charge is 2.13. The molecule has 4 nitrogen and oxygen atoms in total. The molecule has 0 saturated heterocycles. The van der Waals surface area contributed by atoms with Crippen LogP contribution in [0.5, 0.6) is 0 Å². The Morgan fingerprint density at radius 1 is 1.32 bits per heavy atom. The second-order valence-corrected chi connectivity index (χ2v) is 6.66. The molecule has 0 saturated carbocycles. The van der Waals surface area contributed by atoms with E-state index in [1.165, 1.54) is 16.9 Å². The van der Waals surface area contributed by atoms with Gasteiger partial charge in [-0.3, -0.25) is 4.79 Å². The average Bonchev–Trinajstić information content (AvgIpc) is 2.94. The van der Waals surface area contributed by atoms with Crippen LogP contribution in [0.15, 0.2) is 29.6 Å². The van der Waals surface area contributed by atoms with Crippen molar-refractivity contribution in [3.8, 4) is 10.6 Å². The highest BCUT2D eigenvalue weighted by molar-refractivity contribution is 7.13. The number of nitrogens with zero attached hydrogens (tertiary/aromatic N) is 1. The van der Waals surface area contributed by atoms with Crippen LogP contribution in [0.3, 0.4) is 0 Å². The van der Waals surface area contributed by atoms with Gasteiger partial charge in [0.05, 0.1) is 6.10 Å². The summed E-state index contributed by atoms with van der Waals surface area (Å²) in [6.07, 6.45) is 0.325. The maximum Gasteiger partial charge on any atom is 0.270 e. The van der Waals surface area contributed by atoms with E-state index in [1.54, 1.807) is 12.3 Å². The van der Waals surface area contributed by atoms with Gasteiger partial charge in [0.15, 0.2) is 0 Å². The first-order valence-electron chi connectivity index (χ1n) is 7.44. The molecular weight excluding hydrogens is 296 g/mol. The Morgan fingerprint density at radius 2 is 2.00 bits per heavy atom. The monoisotopic (exact) mass is 318 g/mol. The molecule has 0 fully saturated rings. The Morgan fingerprint density at radius 3 is 2.64 bits per heavy atom. The Balaban J connectivity index is 1.96. The Bertz CT molecular complexity index is 620. The third-order valence-corrected chi connectivity index (χ3v) is 4.28. The Hall–Kier alpha value is -1.72. The molecule has 2 unspecified atom stereocenters. The van der Waals surface area contributed by atoms with Crippen molar-refractivity contribution in [1.82, 2.24) is 10.3 Å².